The first-order chi connectivity index (χ1) is 13.6. The Kier molecular flexibility index (Phi) is 8.25. The van der Waals surface area contributed by atoms with Gasteiger partial charge in [-0.05, 0) is 70.7 Å². The molecule has 0 aromatic heterocycles. The van der Waals surface area contributed by atoms with E-state index in [4.69, 9.17) is 4.74 Å². The van der Waals surface area contributed by atoms with E-state index in [1.807, 2.05) is 13.8 Å². The van der Waals surface area contributed by atoms with Gasteiger partial charge in [-0.1, -0.05) is 13.8 Å². The lowest BCUT2D eigenvalue weighted by atomic mass is 9.83. The second-order valence-corrected chi connectivity index (χ2v) is 9.19. The molecule has 0 spiro atoms. The fourth-order valence-electron chi connectivity index (χ4n) is 3.28. The minimum absolute atomic E-state index is 0.107. The summed E-state index contributed by atoms with van der Waals surface area (Å²) in [5.41, 5.74) is 4.96. The van der Waals surface area contributed by atoms with Crippen LogP contribution in [0.1, 0.15) is 50.9 Å². The van der Waals surface area contributed by atoms with Crippen LogP contribution in [0, 0.1) is 5.92 Å². The average molecular weight is 533 g/mol. The molecule has 0 radical (unpaired) electrons. The van der Waals surface area contributed by atoms with Crippen LogP contribution < -0.4 is 15.6 Å². The Hall–Kier alpha value is -1.45. The molecule has 2 amide bonds. The van der Waals surface area contributed by atoms with Gasteiger partial charge < -0.3 is 9.64 Å². The van der Waals surface area contributed by atoms with Crippen LogP contribution in [0.5, 0.6) is 5.75 Å². The van der Waals surface area contributed by atoms with Crippen molar-refractivity contribution in [3.05, 3.63) is 26.6 Å². The summed E-state index contributed by atoms with van der Waals surface area (Å²) < 4.78 is 6.81. The van der Waals surface area contributed by atoms with E-state index in [1.165, 1.54) is 0 Å². The van der Waals surface area contributed by atoms with E-state index in [-0.39, 0.29) is 24.2 Å². The smallest absolute Gasteiger partial charge is 0.260 e. The number of Topliss-reactive ketones (excluding diaryl/α,β-unsaturated/α-hetero) is 1. The minimum atomic E-state index is -0.876. The first-order valence-electron chi connectivity index (χ1n) is 9.63. The third-order valence-corrected chi connectivity index (χ3v) is 6.16. The highest BCUT2D eigenvalue weighted by Crippen LogP contribution is 2.38. The van der Waals surface area contributed by atoms with Gasteiger partial charge in [0, 0.05) is 18.7 Å². The summed E-state index contributed by atoms with van der Waals surface area (Å²) in [6, 6.07) is 3.31. The van der Waals surface area contributed by atoms with Crippen LogP contribution in [-0.2, 0) is 9.59 Å². The Balaban J connectivity index is 2.24. The number of benzene rings is 1. The van der Waals surface area contributed by atoms with Gasteiger partial charge in [0.2, 0.25) is 5.91 Å². The van der Waals surface area contributed by atoms with Crippen molar-refractivity contribution in [2.45, 2.75) is 46.1 Å². The number of hydrogen-bond acceptors (Lipinski definition) is 5. The number of hydrogen-bond donors (Lipinski definition) is 2. The molecule has 160 valence electrons. The lowest BCUT2D eigenvalue weighted by Gasteiger charge is -2.24. The number of ketones is 1. The molecule has 0 saturated carbocycles. The molecule has 1 aliphatic rings. The first-order valence-corrected chi connectivity index (χ1v) is 11.2. The van der Waals surface area contributed by atoms with Crippen molar-refractivity contribution in [3.8, 4) is 5.75 Å². The van der Waals surface area contributed by atoms with Crippen LogP contribution in [0.2, 0.25) is 0 Å². The third-order valence-electron chi connectivity index (χ3n) is 4.75. The summed E-state index contributed by atoms with van der Waals surface area (Å²) in [5, 5.41) is 0. The van der Waals surface area contributed by atoms with E-state index < -0.39 is 11.5 Å². The molecular weight excluding hydrogens is 506 g/mol. The maximum absolute atomic E-state index is 13.1. The number of ether oxygens (including phenoxy) is 1. The molecule has 1 fully saturated rings. The minimum Gasteiger partial charge on any atom is -0.481 e. The van der Waals surface area contributed by atoms with Crippen molar-refractivity contribution < 1.29 is 19.1 Å². The molecule has 2 rings (SSSR count). The molecule has 1 saturated heterocycles. The monoisotopic (exact) mass is 531 g/mol. The molecule has 1 aromatic carbocycles. The predicted octanol–water partition coefficient (Wildman–Crippen LogP) is 3.45. The van der Waals surface area contributed by atoms with Crippen molar-refractivity contribution in [2.75, 3.05) is 19.7 Å². The first kappa shape index (κ1) is 23.8. The fourth-order valence-corrected chi connectivity index (χ4v) is 4.64. The molecule has 1 atom stereocenters. The SMILES string of the molecule is CCCN(CCC)C(=O)COc1c(Br)ccc(C(=O)C2C(=O)NNC2(C)C)c1Br. The lowest BCUT2D eigenvalue weighted by Crippen LogP contribution is -2.43. The average Bonchev–Trinajstić information content (AvgIpc) is 2.93. The molecule has 1 unspecified atom stereocenters. The van der Waals surface area contributed by atoms with Gasteiger partial charge in [-0.25, -0.2) is 5.43 Å². The van der Waals surface area contributed by atoms with E-state index in [9.17, 15) is 14.4 Å². The van der Waals surface area contributed by atoms with Crippen molar-refractivity contribution in [1.29, 1.82) is 0 Å². The zero-order chi connectivity index (χ0) is 21.8. The highest BCUT2D eigenvalue weighted by molar-refractivity contribution is 9.11. The molecule has 2 N–H and O–H groups in total. The number of carbonyl (C=O) groups is 3. The van der Waals surface area contributed by atoms with Crippen LogP contribution in [0.25, 0.3) is 0 Å². The normalized spacial score (nSPS) is 17.7. The van der Waals surface area contributed by atoms with Gasteiger partial charge in [0.1, 0.15) is 11.7 Å². The molecule has 7 nitrogen and oxygen atoms in total. The third kappa shape index (κ3) is 5.38. The molecule has 9 heteroatoms. The second kappa shape index (κ2) is 10.0. The Labute approximate surface area is 188 Å². The summed E-state index contributed by atoms with van der Waals surface area (Å²) in [6.07, 6.45) is 1.74. The van der Waals surface area contributed by atoms with Gasteiger partial charge in [0.15, 0.2) is 12.4 Å². The number of halogens is 2. The molecule has 0 aliphatic carbocycles. The van der Waals surface area contributed by atoms with E-state index in [0.29, 0.717) is 33.3 Å². The maximum atomic E-state index is 13.1. The van der Waals surface area contributed by atoms with E-state index in [0.717, 1.165) is 12.8 Å². The number of nitrogens with zero attached hydrogens (tertiary/aromatic N) is 1. The van der Waals surface area contributed by atoms with Gasteiger partial charge in [-0.2, -0.15) is 0 Å². The van der Waals surface area contributed by atoms with E-state index in [2.05, 4.69) is 42.7 Å². The molecule has 1 heterocycles. The van der Waals surface area contributed by atoms with E-state index >= 15 is 0 Å². The second-order valence-electron chi connectivity index (χ2n) is 7.54. The Morgan fingerprint density at radius 3 is 2.31 bits per heavy atom. The summed E-state index contributed by atoms with van der Waals surface area (Å²) in [4.78, 5) is 39.6. The number of hydrazine groups is 1. The van der Waals surface area contributed by atoms with Crippen molar-refractivity contribution in [1.82, 2.24) is 15.8 Å². The number of nitrogens with one attached hydrogen (secondary N) is 2. The van der Waals surface area contributed by atoms with Crippen molar-refractivity contribution in [2.24, 2.45) is 5.92 Å². The Bertz CT molecular complexity index is 792. The summed E-state index contributed by atoms with van der Waals surface area (Å²) >= 11 is 6.85. The van der Waals surface area contributed by atoms with Crippen LogP contribution >= 0.6 is 31.9 Å². The number of amides is 2. The molecule has 1 aliphatic heterocycles. The standard InChI is InChI=1S/C20H27Br2N3O4/c1-5-9-25(10-6-2)14(26)11-29-18-13(21)8-7-12(16(18)22)17(27)15-19(28)23-24-20(15,3)4/h7-8,15,24H,5-6,9-11H2,1-4H3,(H,23,28). The van der Waals surface area contributed by atoms with E-state index in [1.54, 1.807) is 30.9 Å². The van der Waals surface area contributed by atoms with Gasteiger partial charge in [-0.15, -0.1) is 0 Å². The van der Waals surface area contributed by atoms with Crippen LogP contribution in [0.15, 0.2) is 21.1 Å². The van der Waals surface area contributed by atoms with Gasteiger partial charge in [-0.3, -0.25) is 19.8 Å². The van der Waals surface area contributed by atoms with Crippen LogP contribution in [0.3, 0.4) is 0 Å². The fraction of sp³-hybridized carbons (Fsp3) is 0.550. The van der Waals surface area contributed by atoms with Crippen LogP contribution in [0.4, 0.5) is 0 Å². The molecule has 0 bridgehead atoms. The quantitative estimate of drug-likeness (QED) is 0.375. The summed E-state index contributed by atoms with van der Waals surface area (Å²) in [6.45, 7) is 8.83. The predicted molar refractivity (Wildman–Crippen MR) is 118 cm³/mol. The number of carbonyl (C=O) groups excluding carboxylic acids is 3. The van der Waals surface area contributed by atoms with Gasteiger partial charge >= 0.3 is 0 Å². The van der Waals surface area contributed by atoms with Gasteiger partial charge in [0.05, 0.1) is 14.5 Å². The highest BCUT2D eigenvalue weighted by Gasteiger charge is 2.46. The van der Waals surface area contributed by atoms with Crippen molar-refractivity contribution >= 4 is 49.5 Å². The van der Waals surface area contributed by atoms with Crippen LogP contribution in [-0.4, -0.2) is 47.7 Å². The summed E-state index contributed by atoms with van der Waals surface area (Å²) in [7, 11) is 0. The summed E-state index contributed by atoms with van der Waals surface area (Å²) in [5.74, 6) is -1.32. The number of rotatable bonds is 9. The zero-order valence-corrected chi connectivity index (χ0v) is 20.3. The largest absolute Gasteiger partial charge is 0.481 e. The molecular formula is C20H27Br2N3O4. The topological polar surface area (TPSA) is 87.7 Å². The van der Waals surface area contributed by atoms with Crippen molar-refractivity contribution in [3.63, 3.8) is 0 Å². The molecule has 29 heavy (non-hydrogen) atoms. The lowest BCUT2D eigenvalue weighted by molar-refractivity contribution is -0.133. The molecule has 1 aromatic rings. The van der Waals surface area contributed by atoms with Gasteiger partial charge in [0.25, 0.3) is 5.91 Å². The Morgan fingerprint density at radius 1 is 1.17 bits per heavy atom. The highest BCUT2D eigenvalue weighted by atomic mass is 79.9. The Morgan fingerprint density at radius 2 is 1.79 bits per heavy atom. The maximum Gasteiger partial charge on any atom is 0.260 e. The zero-order valence-electron chi connectivity index (χ0n) is 17.1.